The molecule has 4 nitrogen and oxygen atoms in total. The van der Waals surface area contributed by atoms with E-state index in [1.165, 1.54) is 25.0 Å². The van der Waals surface area contributed by atoms with Gasteiger partial charge in [-0.15, -0.1) is 0 Å². The molecule has 1 fully saturated rings. The third-order valence-corrected chi connectivity index (χ3v) is 5.48. The molecule has 0 radical (unpaired) electrons. The van der Waals surface area contributed by atoms with Gasteiger partial charge in [0.2, 0.25) is 0 Å². The average Bonchev–Trinajstić information content (AvgIpc) is 2.85. The van der Waals surface area contributed by atoms with Crippen LogP contribution >= 0.6 is 11.6 Å². The first-order valence-corrected chi connectivity index (χ1v) is 8.52. The first-order chi connectivity index (χ1) is 8.99. The van der Waals surface area contributed by atoms with Crippen LogP contribution in [-0.4, -0.2) is 38.7 Å². The Morgan fingerprint density at radius 3 is 2.63 bits per heavy atom. The topological polar surface area (TPSA) is 63.4 Å². The van der Waals surface area contributed by atoms with Gasteiger partial charge in [-0.05, 0) is 57.1 Å². The second kappa shape index (κ2) is 6.11. The van der Waals surface area contributed by atoms with Gasteiger partial charge < -0.3 is 10.6 Å². The summed E-state index contributed by atoms with van der Waals surface area (Å²) in [6, 6.07) is 4.57. The maximum atomic E-state index is 12.2. The van der Waals surface area contributed by atoms with E-state index < -0.39 is 9.84 Å². The van der Waals surface area contributed by atoms with Gasteiger partial charge in [-0.25, -0.2) is 8.42 Å². The van der Waals surface area contributed by atoms with Crippen molar-refractivity contribution in [1.29, 1.82) is 0 Å². The predicted octanol–water partition coefficient (Wildman–Crippen LogP) is 2.18. The van der Waals surface area contributed by atoms with Gasteiger partial charge in [0.1, 0.15) is 0 Å². The molecule has 0 saturated carbocycles. The fraction of sp³-hybridized carbons (Fsp3) is 0.538. The molecular weight excluding hydrogens is 284 g/mol. The number of nitrogens with two attached hydrogens (primary N) is 1. The van der Waals surface area contributed by atoms with Crippen molar-refractivity contribution in [2.75, 3.05) is 31.1 Å². The standard InChI is InChI=1S/C13H19ClN2O2S/c14-11-4-5-12(15)13(10-11)19(17,18)9-3-8-16-6-1-2-7-16/h4-5,10H,1-3,6-9,15H2. The molecule has 1 aliphatic rings. The molecular formula is C13H19ClN2O2S. The smallest absolute Gasteiger partial charge is 0.180 e. The second-order valence-electron chi connectivity index (χ2n) is 4.90. The fourth-order valence-corrected chi connectivity index (χ4v) is 4.07. The highest BCUT2D eigenvalue weighted by Gasteiger charge is 2.19. The van der Waals surface area contributed by atoms with E-state index in [1.807, 2.05) is 0 Å². The van der Waals surface area contributed by atoms with Crippen molar-refractivity contribution in [3.8, 4) is 0 Å². The Labute approximate surface area is 119 Å². The van der Waals surface area contributed by atoms with E-state index in [0.29, 0.717) is 11.4 Å². The van der Waals surface area contributed by atoms with Crippen molar-refractivity contribution in [1.82, 2.24) is 4.90 Å². The van der Waals surface area contributed by atoms with Gasteiger partial charge in [0, 0.05) is 5.02 Å². The predicted molar refractivity (Wildman–Crippen MR) is 78.2 cm³/mol. The Morgan fingerprint density at radius 1 is 1.26 bits per heavy atom. The third-order valence-electron chi connectivity index (χ3n) is 3.40. The monoisotopic (exact) mass is 302 g/mol. The molecule has 2 N–H and O–H groups in total. The minimum absolute atomic E-state index is 0.119. The van der Waals surface area contributed by atoms with Gasteiger partial charge >= 0.3 is 0 Å². The molecule has 6 heteroatoms. The number of nitrogen functional groups attached to an aromatic ring is 1. The Morgan fingerprint density at radius 2 is 1.95 bits per heavy atom. The molecule has 1 aliphatic heterocycles. The molecule has 1 saturated heterocycles. The lowest BCUT2D eigenvalue weighted by molar-refractivity contribution is 0.340. The molecule has 19 heavy (non-hydrogen) atoms. The van der Waals surface area contributed by atoms with E-state index in [2.05, 4.69) is 4.90 Å². The van der Waals surface area contributed by atoms with E-state index in [0.717, 1.165) is 19.6 Å². The molecule has 0 bridgehead atoms. The molecule has 106 valence electrons. The van der Waals surface area contributed by atoms with Crippen LogP contribution < -0.4 is 5.73 Å². The molecule has 1 aromatic carbocycles. The summed E-state index contributed by atoms with van der Waals surface area (Å²) in [5.74, 6) is 0.119. The normalized spacial score (nSPS) is 16.9. The number of rotatable bonds is 5. The van der Waals surface area contributed by atoms with Gasteiger partial charge in [-0.1, -0.05) is 11.6 Å². The highest BCUT2D eigenvalue weighted by molar-refractivity contribution is 7.91. The molecule has 1 heterocycles. The highest BCUT2D eigenvalue weighted by Crippen LogP contribution is 2.24. The first kappa shape index (κ1) is 14.6. The van der Waals surface area contributed by atoms with Crippen LogP contribution in [0.3, 0.4) is 0 Å². The number of hydrogen-bond donors (Lipinski definition) is 1. The van der Waals surface area contributed by atoms with Crippen LogP contribution in [0.1, 0.15) is 19.3 Å². The van der Waals surface area contributed by atoms with E-state index in [4.69, 9.17) is 17.3 Å². The number of sulfone groups is 1. The molecule has 2 rings (SSSR count). The van der Waals surface area contributed by atoms with Crippen LogP contribution in [0.5, 0.6) is 0 Å². The van der Waals surface area contributed by atoms with Crippen molar-refractivity contribution >= 4 is 27.1 Å². The molecule has 0 unspecified atom stereocenters. The van der Waals surface area contributed by atoms with E-state index in [9.17, 15) is 8.42 Å². The summed E-state index contributed by atoms with van der Waals surface area (Å²) in [7, 11) is -3.34. The summed E-state index contributed by atoms with van der Waals surface area (Å²) >= 11 is 5.83. The summed E-state index contributed by atoms with van der Waals surface area (Å²) in [5, 5.41) is 0.396. The Hall–Kier alpha value is -0.780. The van der Waals surface area contributed by atoms with Crippen LogP contribution in [0.25, 0.3) is 0 Å². The number of benzene rings is 1. The van der Waals surface area contributed by atoms with Crippen molar-refractivity contribution in [3.05, 3.63) is 23.2 Å². The number of likely N-dealkylation sites (tertiary alicyclic amines) is 1. The summed E-state index contributed by atoms with van der Waals surface area (Å²) < 4.78 is 24.4. The first-order valence-electron chi connectivity index (χ1n) is 6.49. The van der Waals surface area contributed by atoms with E-state index in [-0.39, 0.29) is 16.3 Å². The third kappa shape index (κ3) is 3.84. The average molecular weight is 303 g/mol. The maximum absolute atomic E-state index is 12.2. The van der Waals surface area contributed by atoms with Crippen molar-refractivity contribution in [3.63, 3.8) is 0 Å². The second-order valence-corrected chi connectivity index (χ2v) is 7.42. The summed E-state index contributed by atoms with van der Waals surface area (Å²) in [5.41, 5.74) is 5.99. The van der Waals surface area contributed by atoms with Gasteiger partial charge in [0.05, 0.1) is 16.3 Å². The SMILES string of the molecule is Nc1ccc(Cl)cc1S(=O)(=O)CCCN1CCCC1. The van der Waals surface area contributed by atoms with Crippen LogP contribution in [0.2, 0.25) is 5.02 Å². The van der Waals surface area contributed by atoms with Crippen LogP contribution in [0.4, 0.5) is 5.69 Å². The van der Waals surface area contributed by atoms with Gasteiger partial charge in [-0.3, -0.25) is 0 Å². The minimum Gasteiger partial charge on any atom is -0.398 e. The quantitative estimate of drug-likeness (QED) is 0.847. The van der Waals surface area contributed by atoms with Crippen molar-refractivity contribution < 1.29 is 8.42 Å². The molecule has 0 amide bonds. The van der Waals surface area contributed by atoms with Crippen molar-refractivity contribution in [2.24, 2.45) is 0 Å². The Balaban J connectivity index is 1.99. The lowest BCUT2D eigenvalue weighted by Crippen LogP contribution is -2.22. The lowest BCUT2D eigenvalue weighted by Gasteiger charge is -2.14. The molecule has 0 aromatic heterocycles. The Bertz CT molecular complexity index is 540. The largest absolute Gasteiger partial charge is 0.398 e. The molecule has 1 aromatic rings. The number of hydrogen-bond acceptors (Lipinski definition) is 4. The van der Waals surface area contributed by atoms with Gasteiger partial charge in [-0.2, -0.15) is 0 Å². The zero-order valence-corrected chi connectivity index (χ0v) is 12.4. The molecule has 0 aliphatic carbocycles. The highest BCUT2D eigenvalue weighted by atomic mass is 35.5. The van der Waals surface area contributed by atoms with E-state index in [1.54, 1.807) is 6.07 Å². The summed E-state index contributed by atoms with van der Waals surface area (Å²) in [4.78, 5) is 2.46. The lowest BCUT2D eigenvalue weighted by atomic mass is 10.3. The van der Waals surface area contributed by atoms with Crippen LogP contribution in [0, 0.1) is 0 Å². The number of nitrogens with zero attached hydrogens (tertiary/aromatic N) is 1. The van der Waals surface area contributed by atoms with Gasteiger partial charge in [0.15, 0.2) is 9.84 Å². The van der Waals surface area contributed by atoms with E-state index >= 15 is 0 Å². The fourth-order valence-electron chi connectivity index (χ4n) is 2.37. The zero-order valence-electron chi connectivity index (χ0n) is 10.8. The number of halogens is 1. The van der Waals surface area contributed by atoms with Crippen LogP contribution in [0.15, 0.2) is 23.1 Å². The minimum atomic E-state index is -3.34. The summed E-state index contributed by atoms with van der Waals surface area (Å²) in [6.07, 6.45) is 3.07. The van der Waals surface area contributed by atoms with Gasteiger partial charge in [0.25, 0.3) is 0 Å². The summed E-state index contributed by atoms with van der Waals surface area (Å²) in [6.45, 7) is 3.00. The molecule has 0 spiro atoms. The number of anilines is 1. The molecule has 0 atom stereocenters. The van der Waals surface area contributed by atoms with Crippen LogP contribution in [-0.2, 0) is 9.84 Å². The van der Waals surface area contributed by atoms with Crippen molar-refractivity contribution in [2.45, 2.75) is 24.2 Å². The Kier molecular flexibility index (Phi) is 4.71. The zero-order chi connectivity index (χ0) is 13.9. The maximum Gasteiger partial charge on any atom is 0.180 e.